The van der Waals surface area contributed by atoms with Crippen molar-refractivity contribution in [2.75, 3.05) is 20.0 Å². The van der Waals surface area contributed by atoms with Crippen LogP contribution in [0.5, 0.6) is 5.75 Å². The van der Waals surface area contributed by atoms with Crippen LogP contribution >= 0.6 is 0 Å². The van der Waals surface area contributed by atoms with Crippen molar-refractivity contribution in [2.45, 2.75) is 6.73 Å². The number of aromatic nitrogens is 2. The summed E-state index contributed by atoms with van der Waals surface area (Å²) in [5.41, 5.74) is 7.42. The summed E-state index contributed by atoms with van der Waals surface area (Å²) in [6, 6.07) is 7.32. The number of hydrogen-bond donors (Lipinski definition) is 1. The molecule has 1 heterocycles. The number of carbonyl (C=O) groups is 1. The van der Waals surface area contributed by atoms with Crippen LogP contribution in [0.3, 0.4) is 0 Å². The summed E-state index contributed by atoms with van der Waals surface area (Å²) in [4.78, 5) is 11.2. The van der Waals surface area contributed by atoms with Crippen molar-refractivity contribution in [3.05, 3.63) is 29.8 Å². The van der Waals surface area contributed by atoms with Gasteiger partial charge in [0.2, 0.25) is 0 Å². The minimum atomic E-state index is 0.182. The summed E-state index contributed by atoms with van der Waals surface area (Å²) >= 11 is 0. The maximum atomic E-state index is 11.2. The Hall–Kier alpha value is -2.34. The van der Waals surface area contributed by atoms with Crippen LogP contribution in [0.4, 0.5) is 5.82 Å². The molecular formula is C13H15N3O3. The maximum Gasteiger partial charge on any atom is 0.156 e. The molecule has 0 saturated carbocycles. The predicted molar refractivity (Wildman–Crippen MR) is 71.0 cm³/mol. The summed E-state index contributed by atoms with van der Waals surface area (Å²) in [7, 11) is 3.10. The van der Waals surface area contributed by atoms with Crippen LogP contribution in [0.2, 0.25) is 0 Å². The second kappa shape index (κ2) is 5.53. The molecule has 2 aromatic rings. The fraction of sp³-hybridized carbons (Fsp3) is 0.231. The van der Waals surface area contributed by atoms with E-state index in [0.29, 0.717) is 28.9 Å². The topological polar surface area (TPSA) is 79.4 Å². The van der Waals surface area contributed by atoms with Gasteiger partial charge in [-0.25, -0.2) is 4.68 Å². The molecule has 0 aliphatic carbocycles. The third kappa shape index (κ3) is 2.30. The largest absolute Gasteiger partial charge is 0.496 e. The number of para-hydroxylation sites is 1. The van der Waals surface area contributed by atoms with E-state index in [1.165, 1.54) is 11.8 Å². The molecule has 2 rings (SSSR count). The first-order valence-electron chi connectivity index (χ1n) is 5.66. The van der Waals surface area contributed by atoms with Gasteiger partial charge in [-0.05, 0) is 12.1 Å². The van der Waals surface area contributed by atoms with Crippen molar-refractivity contribution in [1.29, 1.82) is 0 Å². The minimum absolute atomic E-state index is 0.182. The second-order valence-electron chi connectivity index (χ2n) is 3.88. The summed E-state index contributed by atoms with van der Waals surface area (Å²) in [5.74, 6) is 0.908. The van der Waals surface area contributed by atoms with E-state index in [1.54, 1.807) is 13.2 Å². The Morgan fingerprint density at radius 2 is 2.11 bits per heavy atom. The summed E-state index contributed by atoms with van der Waals surface area (Å²) < 4.78 is 11.7. The lowest BCUT2D eigenvalue weighted by atomic mass is 10.1. The summed E-state index contributed by atoms with van der Waals surface area (Å²) in [6.07, 6.45) is 0.691. The molecule has 0 radical (unpaired) electrons. The minimum Gasteiger partial charge on any atom is -0.496 e. The highest BCUT2D eigenvalue weighted by molar-refractivity contribution is 5.92. The molecule has 0 bridgehead atoms. The molecule has 0 spiro atoms. The van der Waals surface area contributed by atoms with Crippen molar-refractivity contribution >= 4 is 12.1 Å². The van der Waals surface area contributed by atoms with Crippen LogP contribution in [-0.4, -0.2) is 30.3 Å². The number of nitrogens with two attached hydrogens (primary N) is 1. The van der Waals surface area contributed by atoms with Gasteiger partial charge in [-0.1, -0.05) is 12.1 Å². The number of nitrogens with zero attached hydrogens (tertiary/aromatic N) is 2. The molecular weight excluding hydrogens is 246 g/mol. The Morgan fingerprint density at radius 1 is 1.37 bits per heavy atom. The Morgan fingerprint density at radius 3 is 2.74 bits per heavy atom. The molecule has 0 aliphatic rings. The first-order valence-corrected chi connectivity index (χ1v) is 5.66. The quantitative estimate of drug-likeness (QED) is 0.826. The Kier molecular flexibility index (Phi) is 3.82. The molecule has 0 fully saturated rings. The van der Waals surface area contributed by atoms with E-state index in [0.717, 1.165) is 0 Å². The summed E-state index contributed by atoms with van der Waals surface area (Å²) in [5, 5.41) is 4.30. The lowest BCUT2D eigenvalue weighted by Crippen LogP contribution is -2.06. The lowest BCUT2D eigenvalue weighted by Gasteiger charge is -2.05. The van der Waals surface area contributed by atoms with Crippen LogP contribution in [0.15, 0.2) is 24.3 Å². The Bertz CT molecular complexity index is 593. The van der Waals surface area contributed by atoms with Gasteiger partial charge in [-0.2, -0.15) is 5.10 Å². The molecule has 1 aromatic carbocycles. The number of aldehydes is 1. The van der Waals surface area contributed by atoms with Gasteiger partial charge in [0.25, 0.3) is 0 Å². The fourth-order valence-corrected chi connectivity index (χ4v) is 1.86. The van der Waals surface area contributed by atoms with E-state index < -0.39 is 0 Å². The zero-order valence-electron chi connectivity index (χ0n) is 10.8. The number of anilines is 1. The number of ether oxygens (including phenoxy) is 2. The molecule has 6 heteroatoms. The van der Waals surface area contributed by atoms with Gasteiger partial charge in [0.15, 0.2) is 6.29 Å². The molecule has 100 valence electrons. The highest BCUT2D eigenvalue weighted by atomic mass is 16.5. The number of hydrogen-bond acceptors (Lipinski definition) is 5. The standard InChI is InChI=1S/C13H15N3O3/c1-18-8-16-13(14)10(7-17)12(15-16)9-5-3-4-6-11(9)19-2/h3-7H,8,14H2,1-2H3. The highest BCUT2D eigenvalue weighted by Gasteiger charge is 2.18. The van der Waals surface area contributed by atoms with Crippen molar-refractivity contribution in [1.82, 2.24) is 9.78 Å². The number of methoxy groups -OCH3 is 2. The molecule has 0 atom stereocenters. The Labute approximate surface area is 110 Å². The smallest absolute Gasteiger partial charge is 0.156 e. The zero-order valence-corrected chi connectivity index (χ0v) is 10.8. The van der Waals surface area contributed by atoms with Gasteiger partial charge in [0.05, 0.1) is 12.7 Å². The summed E-state index contributed by atoms with van der Waals surface area (Å²) in [6.45, 7) is 0.182. The molecule has 2 N–H and O–H groups in total. The van der Waals surface area contributed by atoms with Gasteiger partial charge in [0, 0.05) is 12.7 Å². The Balaban J connectivity index is 2.61. The van der Waals surface area contributed by atoms with Crippen molar-refractivity contribution in [3.8, 4) is 17.0 Å². The van der Waals surface area contributed by atoms with Gasteiger partial charge in [-0.3, -0.25) is 4.79 Å². The maximum absolute atomic E-state index is 11.2. The van der Waals surface area contributed by atoms with Crippen LogP contribution < -0.4 is 10.5 Å². The molecule has 0 unspecified atom stereocenters. The lowest BCUT2D eigenvalue weighted by molar-refractivity contribution is 0.112. The normalized spacial score (nSPS) is 10.4. The van der Waals surface area contributed by atoms with E-state index in [2.05, 4.69) is 5.10 Å². The van der Waals surface area contributed by atoms with Crippen LogP contribution in [0.1, 0.15) is 10.4 Å². The number of carbonyl (C=O) groups excluding carboxylic acids is 1. The molecule has 6 nitrogen and oxygen atoms in total. The third-order valence-electron chi connectivity index (χ3n) is 2.76. The zero-order chi connectivity index (χ0) is 13.8. The molecule has 19 heavy (non-hydrogen) atoms. The SMILES string of the molecule is COCn1nc(-c2ccccc2OC)c(C=O)c1N. The fourth-order valence-electron chi connectivity index (χ4n) is 1.86. The first-order chi connectivity index (χ1) is 9.22. The van der Waals surface area contributed by atoms with Crippen molar-refractivity contribution < 1.29 is 14.3 Å². The van der Waals surface area contributed by atoms with Crippen LogP contribution in [0, 0.1) is 0 Å². The van der Waals surface area contributed by atoms with Gasteiger partial charge >= 0.3 is 0 Å². The average Bonchev–Trinajstić information content (AvgIpc) is 2.75. The number of rotatable bonds is 5. The van der Waals surface area contributed by atoms with Gasteiger partial charge in [-0.15, -0.1) is 0 Å². The van der Waals surface area contributed by atoms with E-state index in [4.69, 9.17) is 15.2 Å². The van der Waals surface area contributed by atoms with E-state index >= 15 is 0 Å². The van der Waals surface area contributed by atoms with Crippen molar-refractivity contribution in [3.63, 3.8) is 0 Å². The number of benzene rings is 1. The van der Waals surface area contributed by atoms with E-state index in [-0.39, 0.29) is 12.5 Å². The monoisotopic (exact) mass is 261 g/mol. The van der Waals surface area contributed by atoms with Crippen LogP contribution in [-0.2, 0) is 11.5 Å². The molecule has 0 amide bonds. The third-order valence-corrected chi connectivity index (χ3v) is 2.76. The highest BCUT2D eigenvalue weighted by Crippen LogP contribution is 2.32. The first kappa shape index (κ1) is 13.1. The predicted octanol–water partition coefficient (Wildman–Crippen LogP) is 1.56. The van der Waals surface area contributed by atoms with Crippen molar-refractivity contribution in [2.24, 2.45) is 0 Å². The van der Waals surface area contributed by atoms with E-state index in [1.807, 2.05) is 18.2 Å². The number of nitrogen functional groups attached to an aromatic ring is 1. The van der Waals surface area contributed by atoms with Gasteiger partial charge < -0.3 is 15.2 Å². The van der Waals surface area contributed by atoms with E-state index in [9.17, 15) is 4.79 Å². The molecule has 0 saturated heterocycles. The molecule has 1 aromatic heterocycles. The van der Waals surface area contributed by atoms with Gasteiger partial charge in [0.1, 0.15) is 24.0 Å². The average molecular weight is 261 g/mol. The second-order valence-corrected chi connectivity index (χ2v) is 3.88. The van der Waals surface area contributed by atoms with Crippen LogP contribution in [0.25, 0.3) is 11.3 Å². The molecule has 0 aliphatic heterocycles.